The molecule has 0 fully saturated rings. The van der Waals surface area contributed by atoms with E-state index in [1.807, 2.05) is 25.1 Å². The average molecular weight is 351 g/mol. The van der Waals surface area contributed by atoms with Crippen LogP contribution in [0.5, 0.6) is 0 Å². The van der Waals surface area contributed by atoms with Gasteiger partial charge in [-0.3, -0.25) is 9.59 Å². The Balaban J connectivity index is 2.20. The maximum atomic E-state index is 12.3. The highest BCUT2D eigenvalue weighted by atomic mass is 35.5. The highest BCUT2D eigenvalue weighted by Gasteiger charge is 2.18. The molecular weight excluding hydrogens is 335 g/mol. The lowest BCUT2D eigenvalue weighted by molar-refractivity contribution is -0.120. The van der Waals surface area contributed by atoms with E-state index < -0.39 is 0 Å². The second kappa shape index (κ2) is 7.49. The van der Waals surface area contributed by atoms with E-state index in [4.69, 9.17) is 23.2 Å². The molecule has 120 valence electrons. The first-order valence-electron chi connectivity index (χ1n) is 6.97. The minimum Gasteiger partial charge on any atom is -0.322 e. The van der Waals surface area contributed by atoms with E-state index in [2.05, 4.69) is 5.32 Å². The van der Waals surface area contributed by atoms with Crippen LogP contribution in [0.4, 0.5) is 11.4 Å². The van der Waals surface area contributed by atoms with Crippen molar-refractivity contribution >= 4 is 46.4 Å². The van der Waals surface area contributed by atoms with E-state index in [1.165, 1.54) is 11.8 Å². The van der Waals surface area contributed by atoms with Crippen molar-refractivity contribution in [3.63, 3.8) is 0 Å². The van der Waals surface area contributed by atoms with E-state index >= 15 is 0 Å². The van der Waals surface area contributed by atoms with Crippen molar-refractivity contribution in [2.45, 2.75) is 13.8 Å². The van der Waals surface area contributed by atoms with Gasteiger partial charge in [0.25, 0.3) is 0 Å². The molecule has 0 aliphatic rings. The van der Waals surface area contributed by atoms with Crippen LogP contribution >= 0.6 is 23.2 Å². The number of nitrogens with zero attached hydrogens (tertiary/aromatic N) is 1. The lowest BCUT2D eigenvalue weighted by Gasteiger charge is -2.22. The molecule has 0 heterocycles. The van der Waals surface area contributed by atoms with Crippen LogP contribution in [0.25, 0.3) is 0 Å². The van der Waals surface area contributed by atoms with Crippen LogP contribution in [0, 0.1) is 6.92 Å². The normalized spacial score (nSPS) is 10.3. The quantitative estimate of drug-likeness (QED) is 0.893. The third-order valence-corrected chi connectivity index (χ3v) is 3.95. The number of hydrogen-bond donors (Lipinski definition) is 1. The Morgan fingerprint density at radius 2 is 1.65 bits per heavy atom. The zero-order valence-corrected chi connectivity index (χ0v) is 14.3. The molecule has 0 saturated heterocycles. The summed E-state index contributed by atoms with van der Waals surface area (Å²) in [4.78, 5) is 25.6. The Hall–Kier alpha value is -2.04. The van der Waals surface area contributed by atoms with Gasteiger partial charge < -0.3 is 10.2 Å². The number of aryl methyl sites for hydroxylation is 1. The summed E-state index contributed by atoms with van der Waals surface area (Å²) in [7, 11) is 0. The molecule has 23 heavy (non-hydrogen) atoms. The first-order chi connectivity index (χ1) is 10.9. The van der Waals surface area contributed by atoms with Crippen LogP contribution in [-0.2, 0) is 9.59 Å². The van der Waals surface area contributed by atoms with E-state index in [-0.39, 0.29) is 18.4 Å². The van der Waals surface area contributed by atoms with Crippen molar-refractivity contribution in [2.24, 2.45) is 0 Å². The highest BCUT2D eigenvalue weighted by molar-refractivity contribution is 6.39. The number of carbonyl (C=O) groups is 2. The van der Waals surface area contributed by atoms with Crippen LogP contribution in [-0.4, -0.2) is 18.4 Å². The van der Waals surface area contributed by atoms with E-state index in [1.54, 1.807) is 24.3 Å². The number of nitrogens with one attached hydrogen (secondary N) is 1. The Kier molecular flexibility index (Phi) is 5.64. The predicted octanol–water partition coefficient (Wildman–Crippen LogP) is 4.29. The van der Waals surface area contributed by atoms with E-state index in [9.17, 15) is 9.59 Å². The molecule has 2 amide bonds. The molecule has 0 radical (unpaired) electrons. The lowest BCUT2D eigenvalue weighted by Crippen LogP contribution is -2.37. The first kappa shape index (κ1) is 17.3. The minimum absolute atomic E-state index is 0.123. The van der Waals surface area contributed by atoms with Gasteiger partial charge >= 0.3 is 0 Å². The number of hydrogen-bond acceptors (Lipinski definition) is 2. The van der Waals surface area contributed by atoms with Gasteiger partial charge in [0.2, 0.25) is 11.8 Å². The maximum Gasteiger partial charge on any atom is 0.244 e. The molecule has 2 rings (SSSR count). The molecule has 0 atom stereocenters. The molecular formula is C17H16Cl2N2O2. The molecule has 0 unspecified atom stereocenters. The number of carbonyl (C=O) groups excluding carboxylic acids is 2. The molecule has 0 spiro atoms. The largest absolute Gasteiger partial charge is 0.322 e. The van der Waals surface area contributed by atoms with Gasteiger partial charge in [0.15, 0.2) is 0 Å². The van der Waals surface area contributed by atoms with Gasteiger partial charge in [-0.25, -0.2) is 0 Å². The SMILES string of the molecule is CC(=O)N(CC(=O)Nc1c(Cl)cccc1Cl)c1ccccc1C. The van der Waals surface area contributed by atoms with Gasteiger partial charge in [-0.1, -0.05) is 47.5 Å². The van der Waals surface area contributed by atoms with E-state index in [0.717, 1.165) is 5.56 Å². The smallest absolute Gasteiger partial charge is 0.244 e. The van der Waals surface area contributed by atoms with Gasteiger partial charge in [0.1, 0.15) is 6.54 Å². The van der Waals surface area contributed by atoms with Crippen LogP contribution in [0.2, 0.25) is 10.0 Å². The molecule has 1 N–H and O–H groups in total. The number of benzene rings is 2. The molecule has 6 heteroatoms. The predicted molar refractivity (Wildman–Crippen MR) is 94.3 cm³/mol. The second-order valence-corrected chi connectivity index (χ2v) is 5.85. The van der Waals surface area contributed by atoms with Crippen molar-refractivity contribution in [2.75, 3.05) is 16.8 Å². The summed E-state index contributed by atoms with van der Waals surface area (Å²) in [5, 5.41) is 3.34. The van der Waals surface area contributed by atoms with Crippen LogP contribution < -0.4 is 10.2 Å². The third kappa shape index (κ3) is 4.24. The summed E-state index contributed by atoms with van der Waals surface area (Å²) in [6.07, 6.45) is 0. The topological polar surface area (TPSA) is 49.4 Å². The second-order valence-electron chi connectivity index (χ2n) is 5.04. The number of halogens is 2. The van der Waals surface area contributed by atoms with Crippen LogP contribution in [0.1, 0.15) is 12.5 Å². The molecule has 2 aromatic carbocycles. The Morgan fingerprint density at radius 3 is 2.22 bits per heavy atom. The fourth-order valence-electron chi connectivity index (χ4n) is 2.17. The van der Waals surface area contributed by atoms with Crippen molar-refractivity contribution in [1.29, 1.82) is 0 Å². The third-order valence-electron chi connectivity index (χ3n) is 3.32. The summed E-state index contributed by atoms with van der Waals surface area (Å²) < 4.78 is 0. The zero-order chi connectivity index (χ0) is 17.0. The summed E-state index contributed by atoms with van der Waals surface area (Å²) >= 11 is 12.1. The van der Waals surface area contributed by atoms with Gasteiger partial charge in [0.05, 0.1) is 15.7 Å². The summed E-state index contributed by atoms with van der Waals surface area (Å²) in [5.74, 6) is -0.599. The summed E-state index contributed by atoms with van der Waals surface area (Å²) in [6.45, 7) is 3.18. The minimum atomic E-state index is -0.376. The standard InChI is InChI=1S/C17H16Cl2N2O2/c1-11-6-3-4-9-15(11)21(12(2)22)10-16(23)20-17-13(18)7-5-8-14(17)19/h3-9H,10H2,1-2H3,(H,20,23). The van der Waals surface area contributed by atoms with Gasteiger partial charge in [-0.05, 0) is 30.7 Å². The highest BCUT2D eigenvalue weighted by Crippen LogP contribution is 2.30. The fourth-order valence-corrected chi connectivity index (χ4v) is 2.66. The van der Waals surface area contributed by atoms with Crippen molar-refractivity contribution in [3.8, 4) is 0 Å². The number of anilines is 2. The molecule has 0 aliphatic carbocycles. The van der Waals surface area contributed by atoms with Gasteiger partial charge in [0, 0.05) is 12.6 Å². The van der Waals surface area contributed by atoms with Crippen LogP contribution in [0.15, 0.2) is 42.5 Å². The zero-order valence-electron chi connectivity index (χ0n) is 12.8. The fraction of sp³-hybridized carbons (Fsp3) is 0.176. The monoisotopic (exact) mass is 350 g/mol. The molecule has 0 aromatic heterocycles. The molecule has 4 nitrogen and oxygen atoms in total. The van der Waals surface area contributed by atoms with Crippen molar-refractivity contribution in [1.82, 2.24) is 0 Å². The average Bonchev–Trinajstić information content (AvgIpc) is 2.49. The summed E-state index contributed by atoms with van der Waals surface area (Å²) in [5.41, 5.74) is 1.95. The number of rotatable bonds is 4. The molecule has 0 bridgehead atoms. The van der Waals surface area contributed by atoms with Crippen LogP contribution in [0.3, 0.4) is 0 Å². The Bertz CT molecular complexity index is 727. The number of amides is 2. The Labute approximate surface area is 145 Å². The van der Waals surface area contributed by atoms with Crippen molar-refractivity contribution < 1.29 is 9.59 Å². The lowest BCUT2D eigenvalue weighted by atomic mass is 10.2. The van der Waals surface area contributed by atoms with Crippen molar-refractivity contribution in [3.05, 3.63) is 58.1 Å². The molecule has 2 aromatic rings. The molecule has 0 saturated carbocycles. The maximum absolute atomic E-state index is 12.3. The number of para-hydroxylation sites is 2. The molecule has 0 aliphatic heterocycles. The van der Waals surface area contributed by atoms with E-state index in [0.29, 0.717) is 21.4 Å². The van der Waals surface area contributed by atoms with Gasteiger partial charge in [-0.2, -0.15) is 0 Å². The van der Waals surface area contributed by atoms with Gasteiger partial charge in [-0.15, -0.1) is 0 Å². The first-order valence-corrected chi connectivity index (χ1v) is 7.73. The summed E-state index contributed by atoms with van der Waals surface area (Å²) in [6, 6.07) is 12.3. The Morgan fingerprint density at radius 1 is 1.04 bits per heavy atom.